The third-order valence-electron chi connectivity index (χ3n) is 5.44. The molecule has 4 nitrogen and oxygen atoms in total. The minimum Gasteiger partial charge on any atom is -0.444 e. The van der Waals surface area contributed by atoms with E-state index in [9.17, 15) is 9.59 Å². The van der Waals surface area contributed by atoms with Gasteiger partial charge in [0.15, 0.2) is 5.78 Å². The zero-order valence-electron chi connectivity index (χ0n) is 16.0. The molecule has 1 aromatic rings. The Morgan fingerprint density at radius 3 is 2.04 bits per heavy atom. The van der Waals surface area contributed by atoms with E-state index in [0.29, 0.717) is 0 Å². The van der Waals surface area contributed by atoms with Gasteiger partial charge in [0.05, 0.1) is 0 Å². The van der Waals surface area contributed by atoms with Gasteiger partial charge in [-0.3, -0.25) is 4.79 Å². The lowest BCUT2D eigenvalue weighted by molar-refractivity contribution is 0.00253. The van der Waals surface area contributed by atoms with Crippen molar-refractivity contribution in [1.29, 1.82) is 0 Å². The van der Waals surface area contributed by atoms with Gasteiger partial charge in [0.1, 0.15) is 5.60 Å². The number of fused-ring (bicyclic) bond motifs is 2. The summed E-state index contributed by atoms with van der Waals surface area (Å²) in [5.41, 5.74) is 2.48. The number of rotatable bonds is 2. The highest BCUT2D eigenvalue weighted by atomic mass is 16.6. The first-order valence-corrected chi connectivity index (χ1v) is 9.29. The summed E-state index contributed by atoms with van der Waals surface area (Å²) < 4.78 is 5.58. The highest BCUT2D eigenvalue weighted by Gasteiger charge is 2.46. The van der Waals surface area contributed by atoms with Gasteiger partial charge in [-0.2, -0.15) is 0 Å². The fraction of sp³-hybridized carbons (Fsp3) is 0.619. The van der Waals surface area contributed by atoms with Crippen LogP contribution in [0.2, 0.25) is 0 Å². The van der Waals surface area contributed by atoms with Gasteiger partial charge in [-0.15, -0.1) is 0 Å². The van der Waals surface area contributed by atoms with Gasteiger partial charge >= 0.3 is 6.09 Å². The summed E-state index contributed by atoms with van der Waals surface area (Å²) in [6.45, 7) is 9.69. The van der Waals surface area contributed by atoms with Crippen LogP contribution in [0.3, 0.4) is 0 Å². The summed E-state index contributed by atoms with van der Waals surface area (Å²) in [6, 6.07) is 6.27. The number of carbonyl (C=O) groups excluding carboxylic acids is 2. The molecule has 1 amide bonds. The van der Waals surface area contributed by atoms with Gasteiger partial charge in [-0.05, 0) is 71.4 Å². The van der Waals surface area contributed by atoms with Gasteiger partial charge in [-0.1, -0.05) is 18.2 Å². The molecular formula is C21H29NO3. The number of ketones is 1. The standard InChI is InChI=1S/C21H29NO3/c1-13-7-6-8-14(2)18(13)19(23)15-11-16-9-10-17(12-15)22(16)20(24)25-21(3,4)5/h6-8,15-17H,9-12H2,1-5H3. The highest BCUT2D eigenvalue weighted by molar-refractivity contribution is 6.00. The summed E-state index contributed by atoms with van der Waals surface area (Å²) in [5.74, 6) is 0.257. The molecule has 0 spiro atoms. The predicted molar refractivity (Wildman–Crippen MR) is 97.9 cm³/mol. The lowest BCUT2D eigenvalue weighted by Gasteiger charge is -2.39. The number of hydrogen-bond donors (Lipinski definition) is 0. The number of benzene rings is 1. The number of aryl methyl sites for hydroxylation is 2. The van der Waals surface area contributed by atoms with Gasteiger partial charge in [0, 0.05) is 23.6 Å². The molecule has 0 saturated carbocycles. The van der Waals surface area contributed by atoms with Crippen LogP contribution in [0.25, 0.3) is 0 Å². The van der Waals surface area contributed by atoms with Crippen molar-refractivity contribution in [3.05, 3.63) is 34.9 Å². The lowest BCUT2D eigenvalue weighted by atomic mass is 9.82. The molecule has 136 valence electrons. The van der Waals surface area contributed by atoms with E-state index < -0.39 is 5.60 Å². The van der Waals surface area contributed by atoms with Crippen molar-refractivity contribution in [1.82, 2.24) is 4.90 Å². The van der Waals surface area contributed by atoms with Crippen molar-refractivity contribution in [2.45, 2.75) is 78.0 Å². The molecule has 4 heteroatoms. The Balaban J connectivity index is 1.76. The van der Waals surface area contributed by atoms with Crippen LogP contribution in [0.4, 0.5) is 4.79 Å². The molecule has 0 aliphatic carbocycles. The van der Waals surface area contributed by atoms with Crippen LogP contribution >= 0.6 is 0 Å². The zero-order chi connectivity index (χ0) is 18.4. The molecule has 2 aliphatic heterocycles. The van der Waals surface area contributed by atoms with Crippen LogP contribution in [0.5, 0.6) is 0 Å². The zero-order valence-corrected chi connectivity index (χ0v) is 16.0. The topological polar surface area (TPSA) is 46.6 Å². The smallest absolute Gasteiger partial charge is 0.410 e. The van der Waals surface area contributed by atoms with Crippen molar-refractivity contribution in [2.24, 2.45) is 5.92 Å². The molecule has 2 heterocycles. The first-order valence-electron chi connectivity index (χ1n) is 9.29. The first-order chi connectivity index (χ1) is 11.7. The number of carbonyl (C=O) groups is 2. The summed E-state index contributed by atoms with van der Waals surface area (Å²) in [5, 5.41) is 0. The van der Waals surface area contributed by atoms with Crippen LogP contribution in [-0.4, -0.2) is 34.5 Å². The maximum Gasteiger partial charge on any atom is 0.410 e. The average Bonchev–Trinajstić information content (AvgIpc) is 2.76. The quantitative estimate of drug-likeness (QED) is 0.734. The van der Waals surface area contributed by atoms with Gasteiger partial charge in [0.2, 0.25) is 0 Å². The molecular weight excluding hydrogens is 314 g/mol. The number of nitrogens with zero attached hydrogens (tertiary/aromatic N) is 1. The normalized spacial score (nSPS) is 25.8. The van der Waals surface area contributed by atoms with Crippen LogP contribution in [0.15, 0.2) is 18.2 Å². The SMILES string of the molecule is Cc1cccc(C)c1C(=O)C1CC2CCC(C1)N2C(=O)OC(C)(C)C. The molecule has 3 rings (SSSR count). The third kappa shape index (κ3) is 3.58. The fourth-order valence-corrected chi connectivity index (χ4v) is 4.41. The molecule has 2 aliphatic rings. The van der Waals surface area contributed by atoms with Crippen molar-refractivity contribution < 1.29 is 14.3 Å². The second-order valence-corrected chi connectivity index (χ2v) is 8.57. The number of piperidine rings is 1. The second kappa shape index (κ2) is 6.47. The number of ether oxygens (including phenoxy) is 1. The summed E-state index contributed by atoms with van der Waals surface area (Å²) in [4.78, 5) is 27.6. The Morgan fingerprint density at radius 2 is 1.56 bits per heavy atom. The maximum atomic E-state index is 13.1. The number of hydrogen-bond acceptors (Lipinski definition) is 3. The Hall–Kier alpha value is -1.84. The largest absolute Gasteiger partial charge is 0.444 e. The summed E-state index contributed by atoms with van der Waals surface area (Å²) in [6.07, 6.45) is 3.23. The van der Waals surface area contributed by atoms with Gasteiger partial charge in [-0.25, -0.2) is 4.79 Å². The molecule has 25 heavy (non-hydrogen) atoms. The van der Waals surface area contributed by atoms with E-state index in [4.69, 9.17) is 4.74 Å². The van der Waals surface area contributed by atoms with Gasteiger partial charge in [0.25, 0.3) is 0 Å². The number of Topliss-reactive ketones (excluding diaryl/α,β-unsaturated/α-hetero) is 1. The van der Waals surface area contributed by atoms with Crippen LogP contribution in [-0.2, 0) is 4.74 Å². The van der Waals surface area contributed by atoms with Crippen LogP contribution in [0, 0.1) is 19.8 Å². The molecule has 0 radical (unpaired) electrons. The Labute approximate surface area is 150 Å². The first kappa shape index (κ1) is 18.0. The third-order valence-corrected chi connectivity index (χ3v) is 5.44. The fourth-order valence-electron chi connectivity index (χ4n) is 4.41. The van der Waals surface area contributed by atoms with E-state index in [2.05, 4.69) is 0 Å². The summed E-state index contributed by atoms with van der Waals surface area (Å²) in [7, 11) is 0. The minimum atomic E-state index is -0.485. The molecule has 2 fully saturated rings. The Kier molecular flexibility index (Phi) is 4.65. The van der Waals surface area contributed by atoms with Crippen molar-refractivity contribution in [3.8, 4) is 0 Å². The Morgan fingerprint density at radius 1 is 1.04 bits per heavy atom. The molecule has 1 aromatic carbocycles. The van der Waals surface area contributed by atoms with Crippen molar-refractivity contribution in [3.63, 3.8) is 0 Å². The van der Waals surface area contributed by atoms with Crippen molar-refractivity contribution in [2.75, 3.05) is 0 Å². The highest BCUT2D eigenvalue weighted by Crippen LogP contribution is 2.41. The lowest BCUT2D eigenvalue weighted by Crippen LogP contribution is -2.49. The van der Waals surface area contributed by atoms with Crippen molar-refractivity contribution >= 4 is 11.9 Å². The van der Waals surface area contributed by atoms with E-state index in [1.807, 2.05) is 57.7 Å². The molecule has 0 aromatic heterocycles. The van der Waals surface area contributed by atoms with E-state index >= 15 is 0 Å². The van der Waals surface area contributed by atoms with Crippen LogP contribution < -0.4 is 0 Å². The average molecular weight is 343 g/mol. The predicted octanol–water partition coefficient (Wildman–Crippen LogP) is 4.66. The van der Waals surface area contributed by atoms with E-state index in [1.54, 1.807) is 0 Å². The monoisotopic (exact) mass is 343 g/mol. The maximum absolute atomic E-state index is 13.1. The summed E-state index contributed by atoms with van der Waals surface area (Å²) >= 11 is 0. The Bertz CT molecular complexity index is 655. The molecule has 2 unspecified atom stereocenters. The van der Waals surface area contributed by atoms with E-state index in [-0.39, 0.29) is 29.9 Å². The molecule has 2 bridgehead atoms. The second-order valence-electron chi connectivity index (χ2n) is 8.57. The van der Waals surface area contributed by atoms with E-state index in [1.165, 1.54) is 0 Å². The number of amides is 1. The molecule has 2 atom stereocenters. The minimum absolute atomic E-state index is 0.0102. The van der Waals surface area contributed by atoms with Gasteiger partial charge < -0.3 is 9.64 Å². The van der Waals surface area contributed by atoms with E-state index in [0.717, 1.165) is 42.4 Å². The van der Waals surface area contributed by atoms with Crippen LogP contribution in [0.1, 0.15) is 67.9 Å². The molecule has 0 N–H and O–H groups in total. The molecule has 2 saturated heterocycles.